The number of hydrogen-bond acceptors (Lipinski definition) is 3. The Bertz CT molecular complexity index is 706. The van der Waals surface area contributed by atoms with Crippen LogP contribution >= 0.6 is 15.9 Å². The van der Waals surface area contributed by atoms with E-state index in [1.165, 1.54) is 6.20 Å². The maximum atomic E-state index is 13.9. The van der Waals surface area contributed by atoms with E-state index >= 15 is 0 Å². The van der Waals surface area contributed by atoms with Gasteiger partial charge in [0.05, 0.1) is 28.1 Å². The number of nitrogens with two attached hydrogens (primary N) is 1. The first-order valence-electron chi connectivity index (χ1n) is 5.61. The van der Waals surface area contributed by atoms with Gasteiger partial charge in [-0.3, -0.25) is 0 Å². The van der Waals surface area contributed by atoms with Crippen molar-refractivity contribution in [2.45, 2.75) is 13.1 Å². The Kier molecular flexibility index (Phi) is 4.04. The minimum atomic E-state index is -4.70. The van der Waals surface area contributed by atoms with Crippen molar-refractivity contribution in [1.29, 1.82) is 0 Å². The lowest BCUT2D eigenvalue weighted by Crippen LogP contribution is -2.11. The lowest BCUT2D eigenvalue weighted by molar-refractivity contribution is -0.137. The molecule has 0 spiro atoms. The third-order valence-corrected chi connectivity index (χ3v) is 3.20. The minimum Gasteiger partial charge on any atom is -0.368 e. The highest BCUT2D eigenvalue weighted by Gasteiger charge is 2.34. The number of benzene rings is 1. The number of imidazole rings is 1. The van der Waals surface area contributed by atoms with E-state index in [-0.39, 0.29) is 10.4 Å². The van der Waals surface area contributed by atoms with Gasteiger partial charge in [0, 0.05) is 5.56 Å². The highest BCUT2D eigenvalue weighted by atomic mass is 79.9. The van der Waals surface area contributed by atoms with Crippen molar-refractivity contribution >= 4 is 28.1 Å². The summed E-state index contributed by atoms with van der Waals surface area (Å²) in [6.07, 6.45) is -2.52. The Morgan fingerprint density at radius 1 is 1.38 bits per heavy atom. The maximum Gasteiger partial charge on any atom is 0.417 e. The molecule has 0 aliphatic carbocycles. The predicted molar refractivity (Wildman–Crippen MR) is 73.5 cm³/mol. The van der Waals surface area contributed by atoms with Gasteiger partial charge in [0.25, 0.3) is 0 Å². The first-order chi connectivity index (χ1) is 9.70. The summed E-state index contributed by atoms with van der Waals surface area (Å²) >= 11 is 2.84. The summed E-state index contributed by atoms with van der Waals surface area (Å²) in [6, 6.07) is 1.77. The lowest BCUT2D eigenvalue weighted by atomic mass is 10.1. The van der Waals surface area contributed by atoms with Gasteiger partial charge in [0.1, 0.15) is 5.82 Å². The van der Waals surface area contributed by atoms with Gasteiger partial charge in [0.15, 0.2) is 0 Å². The van der Waals surface area contributed by atoms with Crippen LogP contribution in [0.3, 0.4) is 0 Å². The highest BCUT2D eigenvalue weighted by Crippen LogP contribution is 2.34. The normalized spacial score (nSPS) is 12.3. The largest absolute Gasteiger partial charge is 0.417 e. The Hall–Kier alpha value is -1.90. The van der Waals surface area contributed by atoms with E-state index in [1.807, 2.05) is 0 Å². The number of alkyl halides is 3. The van der Waals surface area contributed by atoms with Crippen LogP contribution in [0.15, 0.2) is 27.9 Å². The van der Waals surface area contributed by atoms with E-state index in [9.17, 15) is 17.6 Å². The molecule has 0 aliphatic rings. The van der Waals surface area contributed by atoms with Crippen LogP contribution in [-0.2, 0) is 6.18 Å². The van der Waals surface area contributed by atoms with E-state index in [1.54, 1.807) is 6.92 Å². The second kappa shape index (κ2) is 5.47. The zero-order chi connectivity index (χ0) is 15.8. The van der Waals surface area contributed by atoms with Crippen molar-refractivity contribution in [1.82, 2.24) is 9.66 Å². The monoisotopic (exact) mass is 364 g/mol. The Labute approximate surface area is 125 Å². The Morgan fingerprint density at radius 3 is 2.57 bits per heavy atom. The van der Waals surface area contributed by atoms with Crippen LogP contribution in [0.25, 0.3) is 0 Å². The number of halogens is 5. The molecule has 0 aliphatic heterocycles. The van der Waals surface area contributed by atoms with Crippen molar-refractivity contribution in [3.63, 3.8) is 0 Å². The standard InChI is InChI=1S/C12H9BrF4N4/c1-6-5-21(11(18)20-6)19-4-7-8(12(15,16)17)2-3-9(13)10(7)14/h2-5H,1H3,(H2,18,20). The van der Waals surface area contributed by atoms with E-state index < -0.39 is 23.1 Å². The SMILES string of the molecule is Cc1cn(N=Cc2c(C(F)(F)F)ccc(Br)c2F)c(N)n1. The average molecular weight is 365 g/mol. The van der Waals surface area contributed by atoms with Crippen molar-refractivity contribution in [2.24, 2.45) is 5.10 Å². The molecule has 4 nitrogen and oxygen atoms in total. The first-order valence-corrected chi connectivity index (χ1v) is 6.40. The number of rotatable bonds is 2. The summed E-state index contributed by atoms with van der Waals surface area (Å²) < 4.78 is 53.5. The zero-order valence-corrected chi connectivity index (χ0v) is 12.2. The van der Waals surface area contributed by atoms with Crippen LogP contribution in [-0.4, -0.2) is 15.9 Å². The number of aromatic nitrogens is 2. The van der Waals surface area contributed by atoms with Crippen LogP contribution in [0.4, 0.5) is 23.5 Å². The number of hydrogen-bond donors (Lipinski definition) is 1. The molecular weight excluding hydrogens is 356 g/mol. The third-order valence-electron chi connectivity index (χ3n) is 2.58. The molecule has 0 saturated carbocycles. The number of aryl methyl sites for hydroxylation is 1. The average Bonchev–Trinajstić information content (AvgIpc) is 2.68. The molecule has 0 bridgehead atoms. The van der Waals surface area contributed by atoms with Crippen molar-refractivity contribution in [2.75, 3.05) is 5.73 Å². The topological polar surface area (TPSA) is 56.2 Å². The molecule has 0 atom stereocenters. The fourth-order valence-corrected chi connectivity index (χ4v) is 2.00. The molecule has 21 heavy (non-hydrogen) atoms. The molecule has 1 aromatic heterocycles. The number of anilines is 1. The van der Waals surface area contributed by atoms with Gasteiger partial charge in [-0.1, -0.05) is 0 Å². The number of nitrogen functional groups attached to an aromatic ring is 1. The van der Waals surface area contributed by atoms with Gasteiger partial charge >= 0.3 is 6.18 Å². The molecule has 2 rings (SSSR count). The molecule has 1 aromatic carbocycles. The van der Waals surface area contributed by atoms with E-state index in [2.05, 4.69) is 26.0 Å². The van der Waals surface area contributed by atoms with Crippen molar-refractivity contribution in [3.8, 4) is 0 Å². The second-order valence-corrected chi connectivity index (χ2v) is 5.00. The number of nitrogens with zero attached hydrogens (tertiary/aromatic N) is 3. The quantitative estimate of drug-likeness (QED) is 0.654. The zero-order valence-electron chi connectivity index (χ0n) is 10.6. The van der Waals surface area contributed by atoms with Gasteiger partial charge in [-0.25, -0.2) is 14.1 Å². The fraction of sp³-hybridized carbons (Fsp3) is 0.167. The van der Waals surface area contributed by atoms with E-state index in [0.717, 1.165) is 23.0 Å². The molecule has 9 heteroatoms. The second-order valence-electron chi connectivity index (χ2n) is 4.15. The Balaban J connectivity index is 2.53. The van der Waals surface area contributed by atoms with Crippen LogP contribution < -0.4 is 5.73 Å². The van der Waals surface area contributed by atoms with Gasteiger partial charge in [0.2, 0.25) is 5.95 Å². The molecule has 112 valence electrons. The van der Waals surface area contributed by atoms with Crippen LogP contribution in [0, 0.1) is 12.7 Å². The highest BCUT2D eigenvalue weighted by molar-refractivity contribution is 9.10. The third kappa shape index (κ3) is 3.23. The molecule has 0 fully saturated rings. The van der Waals surface area contributed by atoms with Gasteiger partial charge in [-0.05, 0) is 35.0 Å². The minimum absolute atomic E-state index is 0.00675. The molecule has 2 N–H and O–H groups in total. The molecule has 0 saturated heterocycles. The maximum absolute atomic E-state index is 13.9. The molecule has 0 radical (unpaired) electrons. The van der Waals surface area contributed by atoms with Gasteiger partial charge in [-0.2, -0.15) is 18.3 Å². The van der Waals surface area contributed by atoms with Crippen LogP contribution in [0.2, 0.25) is 0 Å². The molecule has 0 unspecified atom stereocenters. The first kappa shape index (κ1) is 15.5. The van der Waals surface area contributed by atoms with Gasteiger partial charge in [-0.15, -0.1) is 0 Å². The van der Waals surface area contributed by atoms with Gasteiger partial charge < -0.3 is 5.73 Å². The summed E-state index contributed by atoms with van der Waals surface area (Å²) in [6.45, 7) is 1.64. The van der Waals surface area contributed by atoms with E-state index in [4.69, 9.17) is 5.73 Å². The predicted octanol–water partition coefficient (Wildman–Crippen LogP) is 3.58. The molecule has 1 heterocycles. The summed E-state index contributed by atoms with van der Waals surface area (Å²) in [7, 11) is 0. The Morgan fingerprint density at radius 2 is 2.05 bits per heavy atom. The summed E-state index contributed by atoms with van der Waals surface area (Å²) in [5, 5.41) is 3.72. The lowest BCUT2D eigenvalue weighted by Gasteiger charge is -2.11. The summed E-state index contributed by atoms with van der Waals surface area (Å²) in [5.74, 6) is -1.06. The van der Waals surface area contributed by atoms with Crippen LogP contribution in [0.1, 0.15) is 16.8 Å². The van der Waals surface area contributed by atoms with Crippen LogP contribution in [0.5, 0.6) is 0 Å². The molecule has 2 aromatic rings. The van der Waals surface area contributed by atoms with Crippen molar-refractivity contribution < 1.29 is 17.6 Å². The summed E-state index contributed by atoms with van der Waals surface area (Å²) in [5.41, 5.74) is 4.25. The fourth-order valence-electron chi connectivity index (χ4n) is 1.66. The van der Waals surface area contributed by atoms with Crippen molar-refractivity contribution in [3.05, 3.63) is 45.4 Å². The molecular formula is C12H9BrF4N4. The molecule has 0 amide bonds. The van der Waals surface area contributed by atoms with E-state index in [0.29, 0.717) is 5.69 Å². The smallest absolute Gasteiger partial charge is 0.368 e. The summed E-state index contributed by atoms with van der Waals surface area (Å²) in [4.78, 5) is 3.84.